The van der Waals surface area contributed by atoms with Crippen LogP contribution in [0.25, 0.3) is 22.6 Å². The Kier molecular flexibility index (Phi) is 6.96. The van der Waals surface area contributed by atoms with Crippen LogP contribution in [0.2, 0.25) is 0 Å². The third-order valence-corrected chi connectivity index (χ3v) is 5.73. The van der Waals surface area contributed by atoms with Crippen molar-refractivity contribution in [3.63, 3.8) is 0 Å². The number of hydrogen-bond donors (Lipinski definition) is 1. The molecule has 4 aromatic rings. The van der Waals surface area contributed by atoms with Gasteiger partial charge in [-0.15, -0.1) is 0 Å². The van der Waals surface area contributed by atoms with E-state index in [9.17, 15) is 27.6 Å². The molecule has 0 saturated carbocycles. The van der Waals surface area contributed by atoms with Gasteiger partial charge >= 0.3 is 11.9 Å². The number of carbonyl (C=O) groups is 1. The van der Waals surface area contributed by atoms with Crippen LogP contribution in [0, 0.1) is 0 Å². The summed E-state index contributed by atoms with van der Waals surface area (Å²) >= 11 is 0. The number of halogens is 3. The first kappa shape index (κ1) is 25.8. The Morgan fingerprint density at radius 2 is 1.70 bits per heavy atom. The van der Waals surface area contributed by atoms with Gasteiger partial charge in [0.05, 0.1) is 5.56 Å². The smallest absolute Gasteiger partial charge is 0.332 e. The minimum absolute atomic E-state index is 0.0316. The largest absolute Gasteiger partial charge is 0.433 e. The van der Waals surface area contributed by atoms with E-state index in [-0.39, 0.29) is 29.1 Å². The molecule has 4 heterocycles. The molecule has 0 spiro atoms. The second-order valence-electron chi connectivity index (χ2n) is 8.37. The fourth-order valence-electron chi connectivity index (χ4n) is 3.86. The van der Waals surface area contributed by atoms with Gasteiger partial charge in [0.2, 0.25) is 0 Å². The lowest BCUT2D eigenvalue weighted by Gasteiger charge is -2.16. The van der Waals surface area contributed by atoms with Crippen molar-refractivity contribution in [2.24, 2.45) is 0 Å². The molecule has 0 aromatic carbocycles. The third kappa shape index (κ3) is 4.88. The van der Waals surface area contributed by atoms with Gasteiger partial charge in [-0.1, -0.05) is 13.8 Å². The molecular weight excluding hydrogens is 491 g/mol. The van der Waals surface area contributed by atoms with Crippen molar-refractivity contribution in [2.75, 3.05) is 11.9 Å². The van der Waals surface area contributed by atoms with Crippen molar-refractivity contribution in [3.8, 4) is 11.4 Å². The molecule has 0 aliphatic rings. The maximum Gasteiger partial charge on any atom is 0.433 e. The van der Waals surface area contributed by atoms with Crippen molar-refractivity contribution in [2.45, 2.75) is 46.0 Å². The molecule has 4 rings (SSSR count). The minimum atomic E-state index is -4.60. The highest BCUT2D eigenvalue weighted by Crippen LogP contribution is 2.27. The van der Waals surface area contributed by atoms with Crippen LogP contribution in [-0.2, 0) is 19.3 Å². The summed E-state index contributed by atoms with van der Waals surface area (Å²) in [6.07, 6.45) is -1.00. The van der Waals surface area contributed by atoms with E-state index >= 15 is 0 Å². The Morgan fingerprint density at radius 3 is 2.27 bits per heavy atom. The molecular formula is C24H24F3N7O3. The van der Waals surface area contributed by atoms with Crippen LogP contribution < -0.4 is 16.1 Å². The average molecular weight is 515 g/mol. The summed E-state index contributed by atoms with van der Waals surface area (Å²) in [7, 11) is 1.43. The van der Waals surface area contributed by atoms with E-state index < -0.39 is 29.0 Å². The molecule has 194 valence electrons. The standard InChI is InChI=1S/C24H24F3N7O3/c1-4-10-33-20-18(22(36)34(11-5-2)23(33)37)30-19(31-20)14-7-9-17(29-12-14)32(3)21(35)15-6-8-16(28-13-15)24(25,26)27/h6-9,12-13H,4-5,10-11H2,1-3H3,(H,30,31). The number of aromatic nitrogens is 6. The monoisotopic (exact) mass is 515 g/mol. The van der Waals surface area contributed by atoms with Crippen LogP contribution in [0.5, 0.6) is 0 Å². The van der Waals surface area contributed by atoms with E-state index in [4.69, 9.17) is 0 Å². The van der Waals surface area contributed by atoms with Crippen LogP contribution in [-0.4, -0.2) is 42.0 Å². The number of imidazole rings is 1. The molecule has 0 aliphatic heterocycles. The lowest BCUT2D eigenvalue weighted by molar-refractivity contribution is -0.141. The molecule has 0 saturated heterocycles. The maximum absolute atomic E-state index is 12.9. The quantitative estimate of drug-likeness (QED) is 0.403. The number of amides is 1. The van der Waals surface area contributed by atoms with E-state index in [1.165, 1.54) is 33.3 Å². The van der Waals surface area contributed by atoms with Gasteiger partial charge in [-0.25, -0.2) is 14.8 Å². The topological polar surface area (TPSA) is 119 Å². The molecule has 1 N–H and O–H groups in total. The second-order valence-corrected chi connectivity index (χ2v) is 8.37. The fraction of sp³-hybridized carbons (Fsp3) is 0.333. The Balaban J connectivity index is 1.64. The molecule has 0 atom stereocenters. The molecule has 1 amide bonds. The first-order valence-electron chi connectivity index (χ1n) is 11.6. The number of alkyl halides is 3. The number of fused-ring (bicyclic) bond motifs is 1. The van der Waals surface area contributed by atoms with Gasteiger partial charge in [0, 0.05) is 38.1 Å². The lowest BCUT2D eigenvalue weighted by atomic mass is 10.2. The zero-order valence-corrected chi connectivity index (χ0v) is 20.3. The molecule has 10 nitrogen and oxygen atoms in total. The van der Waals surface area contributed by atoms with E-state index in [2.05, 4.69) is 19.9 Å². The van der Waals surface area contributed by atoms with Crippen molar-refractivity contribution >= 4 is 22.9 Å². The number of pyridine rings is 2. The van der Waals surface area contributed by atoms with Gasteiger partial charge in [-0.2, -0.15) is 13.2 Å². The van der Waals surface area contributed by atoms with Crippen molar-refractivity contribution in [3.05, 3.63) is 68.8 Å². The van der Waals surface area contributed by atoms with Gasteiger partial charge in [-0.05, 0) is 37.1 Å². The summed E-state index contributed by atoms with van der Waals surface area (Å²) in [4.78, 5) is 54.7. The Morgan fingerprint density at radius 1 is 1.00 bits per heavy atom. The summed E-state index contributed by atoms with van der Waals surface area (Å²) in [5.74, 6) is -0.0335. The van der Waals surface area contributed by atoms with Gasteiger partial charge in [-0.3, -0.25) is 28.6 Å². The first-order chi connectivity index (χ1) is 17.6. The first-order valence-corrected chi connectivity index (χ1v) is 11.6. The zero-order valence-electron chi connectivity index (χ0n) is 20.3. The second kappa shape index (κ2) is 9.99. The predicted octanol–water partition coefficient (Wildman–Crippen LogP) is 3.46. The molecule has 13 heteroatoms. The Bertz CT molecular complexity index is 1550. The molecule has 0 fully saturated rings. The van der Waals surface area contributed by atoms with Gasteiger partial charge < -0.3 is 4.98 Å². The van der Waals surface area contributed by atoms with Crippen molar-refractivity contribution in [1.82, 2.24) is 29.1 Å². The van der Waals surface area contributed by atoms with Crippen LogP contribution in [0.3, 0.4) is 0 Å². The minimum Gasteiger partial charge on any atom is -0.332 e. The highest BCUT2D eigenvalue weighted by Gasteiger charge is 2.32. The van der Waals surface area contributed by atoms with E-state index in [1.807, 2.05) is 13.8 Å². The predicted molar refractivity (Wildman–Crippen MR) is 130 cm³/mol. The van der Waals surface area contributed by atoms with Gasteiger partial charge in [0.1, 0.15) is 22.9 Å². The lowest BCUT2D eigenvalue weighted by Crippen LogP contribution is -2.40. The number of hydrogen-bond acceptors (Lipinski definition) is 6. The fourth-order valence-corrected chi connectivity index (χ4v) is 3.86. The van der Waals surface area contributed by atoms with E-state index in [1.54, 1.807) is 6.07 Å². The molecule has 0 radical (unpaired) electrons. The van der Waals surface area contributed by atoms with Crippen LogP contribution >= 0.6 is 0 Å². The summed E-state index contributed by atoms with van der Waals surface area (Å²) in [5.41, 5.74) is -1.01. The number of carbonyl (C=O) groups excluding carboxylic acids is 1. The molecule has 0 unspecified atom stereocenters. The number of rotatable bonds is 7. The highest BCUT2D eigenvalue weighted by atomic mass is 19.4. The zero-order chi connectivity index (χ0) is 26.9. The Hall–Kier alpha value is -4.29. The summed E-state index contributed by atoms with van der Waals surface area (Å²) in [6, 6.07) is 4.96. The number of nitrogens with zero attached hydrogens (tertiary/aromatic N) is 6. The number of anilines is 1. The van der Waals surface area contributed by atoms with E-state index in [0.717, 1.165) is 18.3 Å². The van der Waals surface area contributed by atoms with E-state index in [0.29, 0.717) is 30.8 Å². The van der Waals surface area contributed by atoms with Crippen LogP contribution in [0.4, 0.5) is 19.0 Å². The van der Waals surface area contributed by atoms with Crippen LogP contribution in [0.15, 0.2) is 46.2 Å². The van der Waals surface area contributed by atoms with Gasteiger partial charge in [0.25, 0.3) is 11.5 Å². The third-order valence-electron chi connectivity index (χ3n) is 5.73. The summed E-state index contributed by atoms with van der Waals surface area (Å²) in [6.45, 7) is 4.48. The SMILES string of the molecule is CCCn1c(=O)c2[nH]c(-c3ccc(N(C)C(=O)c4ccc(C(F)(F)F)nc4)nc3)nc2n(CCC)c1=O. The normalized spacial score (nSPS) is 11.7. The van der Waals surface area contributed by atoms with Gasteiger partial charge in [0.15, 0.2) is 5.65 Å². The number of aryl methyl sites for hydroxylation is 1. The molecule has 0 bridgehead atoms. The number of aromatic amines is 1. The maximum atomic E-state index is 12.9. The number of nitrogens with one attached hydrogen (secondary N) is 1. The molecule has 37 heavy (non-hydrogen) atoms. The summed E-state index contributed by atoms with van der Waals surface area (Å²) < 4.78 is 40.9. The highest BCUT2D eigenvalue weighted by molar-refractivity contribution is 6.05. The average Bonchev–Trinajstić information content (AvgIpc) is 3.33. The molecule has 4 aromatic heterocycles. The van der Waals surface area contributed by atoms with Crippen molar-refractivity contribution in [1.29, 1.82) is 0 Å². The number of H-pyrrole nitrogens is 1. The van der Waals surface area contributed by atoms with Crippen molar-refractivity contribution < 1.29 is 18.0 Å². The molecule has 0 aliphatic carbocycles. The van der Waals surface area contributed by atoms with Crippen LogP contribution in [0.1, 0.15) is 42.7 Å². The summed E-state index contributed by atoms with van der Waals surface area (Å²) in [5, 5.41) is 0. The Labute approximate surface area is 208 Å².